The van der Waals surface area contributed by atoms with E-state index in [1.165, 1.54) is 0 Å². The van der Waals surface area contributed by atoms with Crippen LogP contribution >= 0.6 is 11.3 Å². The van der Waals surface area contributed by atoms with Crippen LogP contribution in [0.1, 0.15) is 21.8 Å². The smallest absolute Gasteiger partial charge is 0.349 e. The molecule has 0 atom stereocenters. The molecule has 0 spiro atoms. The molecule has 0 radical (unpaired) electrons. The van der Waals surface area contributed by atoms with Crippen molar-refractivity contribution in [1.82, 2.24) is 15.3 Å². The van der Waals surface area contributed by atoms with Crippen LogP contribution in [0, 0.1) is 0 Å². The Bertz CT molecular complexity index is 1170. The van der Waals surface area contributed by atoms with Gasteiger partial charge in [0.15, 0.2) is 0 Å². The maximum Gasteiger partial charge on any atom is 0.349 e. The van der Waals surface area contributed by atoms with Gasteiger partial charge in [-0.2, -0.15) is 0 Å². The molecule has 7 heteroatoms. The Hall–Kier alpha value is -3.32. The highest BCUT2D eigenvalue weighted by molar-refractivity contribution is 7.09. The lowest BCUT2D eigenvalue weighted by Gasteiger charge is -2.04. The maximum atomic E-state index is 12.3. The fourth-order valence-corrected chi connectivity index (χ4v) is 3.69. The summed E-state index contributed by atoms with van der Waals surface area (Å²) in [4.78, 5) is 33.0. The fourth-order valence-electron chi connectivity index (χ4n) is 2.84. The fraction of sp³-hybridized carbons (Fsp3) is 0.143. The van der Waals surface area contributed by atoms with Crippen molar-refractivity contribution in [1.29, 1.82) is 0 Å². The number of nitrogens with one attached hydrogen (secondary N) is 1. The van der Waals surface area contributed by atoms with Crippen molar-refractivity contribution in [2.45, 2.75) is 12.8 Å². The molecule has 0 unspecified atom stereocenters. The number of hydrogen-bond donors (Lipinski definition) is 1. The first-order chi connectivity index (χ1) is 13.7. The number of carbonyl (C=O) groups is 1. The average Bonchev–Trinajstić information content (AvgIpc) is 3.20. The van der Waals surface area contributed by atoms with E-state index in [4.69, 9.17) is 4.42 Å². The molecular weight excluding hydrogens is 374 g/mol. The van der Waals surface area contributed by atoms with Crippen LogP contribution in [-0.2, 0) is 6.42 Å². The van der Waals surface area contributed by atoms with E-state index in [0.29, 0.717) is 12.1 Å². The number of carbonyl (C=O) groups excluding carboxylic acids is 1. The van der Waals surface area contributed by atoms with Gasteiger partial charge in [-0.05, 0) is 30.7 Å². The number of fused-ring (bicyclic) bond motifs is 1. The van der Waals surface area contributed by atoms with Gasteiger partial charge in [0, 0.05) is 41.7 Å². The predicted octanol–water partition coefficient (Wildman–Crippen LogP) is 3.67. The van der Waals surface area contributed by atoms with Crippen LogP contribution in [0.5, 0.6) is 0 Å². The van der Waals surface area contributed by atoms with Crippen LogP contribution in [0.25, 0.3) is 22.2 Å². The van der Waals surface area contributed by atoms with Crippen molar-refractivity contribution >= 4 is 28.2 Å². The quantitative estimate of drug-likeness (QED) is 0.400. The van der Waals surface area contributed by atoms with Crippen molar-refractivity contribution in [3.63, 3.8) is 0 Å². The van der Waals surface area contributed by atoms with Gasteiger partial charge in [-0.25, -0.2) is 9.78 Å². The number of thiazole rings is 1. The Morgan fingerprint density at radius 2 is 1.96 bits per heavy atom. The van der Waals surface area contributed by atoms with E-state index < -0.39 is 11.5 Å². The molecule has 0 aliphatic carbocycles. The zero-order valence-electron chi connectivity index (χ0n) is 14.9. The van der Waals surface area contributed by atoms with E-state index in [9.17, 15) is 9.59 Å². The monoisotopic (exact) mass is 391 g/mol. The second kappa shape index (κ2) is 8.14. The molecule has 6 nitrogen and oxygen atoms in total. The van der Waals surface area contributed by atoms with Crippen LogP contribution in [0.3, 0.4) is 0 Å². The summed E-state index contributed by atoms with van der Waals surface area (Å²) in [6, 6.07) is 12.5. The summed E-state index contributed by atoms with van der Waals surface area (Å²) in [5.41, 5.74) is 1.83. The SMILES string of the molecule is O=C(NCCCc1nc(-c2ccncc2)cs1)c1cc2ccccc2oc1=O. The predicted molar refractivity (Wildman–Crippen MR) is 108 cm³/mol. The van der Waals surface area contributed by atoms with Gasteiger partial charge in [-0.3, -0.25) is 9.78 Å². The molecule has 140 valence electrons. The first-order valence-corrected chi connectivity index (χ1v) is 9.74. The minimum atomic E-state index is -0.627. The maximum absolute atomic E-state index is 12.3. The molecule has 3 aromatic heterocycles. The van der Waals surface area contributed by atoms with Gasteiger partial charge in [-0.1, -0.05) is 18.2 Å². The summed E-state index contributed by atoms with van der Waals surface area (Å²) < 4.78 is 5.21. The number of nitrogens with zero attached hydrogens (tertiary/aromatic N) is 2. The Labute approximate surface area is 164 Å². The van der Waals surface area contributed by atoms with E-state index >= 15 is 0 Å². The van der Waals surface area contributed by atoms with Crippen molar-refractivity contribution in [2.24, 2.45) is 0 Å². The second-order valence-electron chi connectivity index (χ2n) is 6.21. The molecule has 28 heavy (non-hydrogen) atoms. The third-order valence-corrected chi connectivity index (χ3v) is 5.18. The Morgan fingerprint density at radius 3 is 2.82 bits per heavy atom. The van der Waals surface area contributed by atoms with E-state index in [2.05, 4.69) is 15.3 Å². The minimum absolute atomic E-state index is 0.0212. The molecule has 0 fully saturated rings. The highest BCUT2D eigenvalue weighted by atomic mass is 32.1. The highest BCUT2D eigenvalue weighted by Gasteiger charge is 2.13. The molecule has 1 aromatic carbocycles. The highest BCUT2D eigenvalue weighted by Crippen LogP contribution is 2.21. The van der Waals surface area contributed by atoms with E-state index in [-0.39, 0.29) is 5.56 Å². The summed E-state index contributed by atoms with van der Waals surface area (Å²) in [6.45, 7) is 0.454. The third-order valence-electron chi connectivity index (χ3n) is 4.27. The summed E-state index contributed by atoms with van der Waals surface area (Å²) in [5.74, 6) is -0.420. The lowest BCUT2D eigenvalue weighted by molar-refractivity contribution is 0.0949. The van der Waals surface area contributed by atoms with Crippen molar-refractivity contribution in [3.05, 3.63) is 81.2 Å². The number of aromatic nitrogens is 2. The number of benzene rings is 1. The molecule has 0 saturated heterocycles. The molecule has 3 heterocycles. The second-order valence-corrected chi connectivity index (χ2v) is 7.15. The number of pyridine rings is 1. The minimum Gasteiger partial charge on any atom is -0.422 e. The molecule has 0 aliphatic heterocycles. The van der Waals surface area contributed by atoms with Crippen LogP contribution in [0.4, 0.5) is 0 Å². The zero-order chi connectivity index (χ0) is 19.3. The first kappa shape index (κ1) is 18.1. The van der Waals surface area contributed by atoms with Crippen LogP contribution < -0.4 is 10.9 Å². The molecule has 4 aromatic rings. The lowest BCUT2D eigenvalue weighted by Crippen LogP contribution is -2.29. The number of para-hydroxylation sites is 1. The number of hydrogen-bond acceptors (Lipinski definition) is 6. The summed E-state index contributed by atoms with van der Waals surface area (Å²) >= 11 is 1.59. The summed E-state index contributed by atoms with van der Waals surface area (Å²) in [5, 5.41) is 6.53. The van der Waals surface area contributed by atoms with Crippen molar-refractivity contribution in [3.8, 4) is 11.3 Å². The molecule has 1 N–H and O–H groups in total. The largest absolute Gasteiger partial charge is 0.422 e. The topological polar surface area (TPSA) is 85.1 Å². The molecule has 0 saturated carbocycles. The van der Waals surface area contributed by atoms with Gasteiger partial charge >= 0.3 is 5.63 Å². The molecular formula is C21H17N3O3S. The van der Waals surface area contributed by atoms with Gasteiger partial charge < -0.3 is 9.73 Å². The number of rotatable bonds is 6. The normalized spacial score (nSPS) is 10.9. The summed E-state index contributed by atoms with van der Waals surface area (Å²) in [7, 11) is 0. The van der Waals surface area contributed by atoms with E-state index in [1.54, 1.807) is 48.0 Å². The van der Waals surface area contributed by atoms with E-state index in [0.717, 1.165) is 34.5 Å². The zero-order valence-corrected chi connectivity index (χ0v) is 15.7. The van der Waals surface area contributed by atoms with Gasteiger partial charge in [0.25, 0.3) is 5.91 Å². The molecule has 0 aliphatic rings. The van der Waals surface area contributed by atoms with Gasteiger partial charge in [0.1, 0.15) is 11.1 Å². The van der Waals surface area contributed by atoms with Gasteiger partial charge in [0.2, 0.25) is 0 Å². The number of amides is 1. The molecule has 0 bridgehead atoms. The molecule has 4 rings (SSSR count). The standard InChI is InChI=1S/C21H17N3O3S/c25-20(16-12-15-4-1-2-5-18(15)27-21(16)26)23-9-3-6-19-24-17(13-28-19)14-7-10-22-11-8-14/h1-2,4-5,7-8,10-13H,3,6,9H2,(H,23,25). The lowest BCUT2D eigenvalue weighted by atomic mass is 10.2. The first-order valence-electron chi connectivity index (χ1n) is 8.86. The number of aryl methyl sites for hydroxylation is 1. The third kappa shape index (κ3) is 3.99. The average molecular weight is 391 g/mol. The van der Waals surface area contributed by atoms with E-state index in [1.807, 2.05) is 23.6 Å². The van der Waals surface area contributed by atoms with Gasteiger partial charge in [0.05, 0.1) is 10.7 Å². The van der Waals surface area contributed by atoms with Crippen LogP contribution in [0.15, 0.2) is 69.5 Å². The Balaban J connectivity index is 1.33. The summed E-state index contributed by atoms with van der Waals surface area (Å²) in [6.07, 6.45) is 4.97. The van der Waals surface area contributed by atoms with Crippen molar-refractivity contribution in [2.75, 3.05) is 6.54 Å². The van der Waals surface area contributed by atoms with Crippen LogP contribution in [0.2, 0.25) is 0 Å². The Kier molecular flexibility index (Phi) is 5.25. The Morgan fingerprint density at radius 1 is 1.14 bits per heavy atom. The molecule has 1 amide bonds. The van der Waals surface area contributed by atoms with Gasteiger partial charge in [-0.15, -0.1) is 11.3 Å². The van der Waals surface area contributed by atoms with Crippen molar-refractivity contribution < 1.29 is 9.21 Å². The van der Waals surface area contributed by atoms with Crippen LogP contribution in [-0.4, -0.2) is 22.4 Å².